The standard InChI is InChI=1S/C8H3F5O/c1-2(9)3-4(10)6(12)8(14)7(13)5(3)11/h14H,1H2. The number of hydrogen-bond donors (Lipinski definition) is 1. The maximum absolute atomic E-state index is 12.7. The Morgan fingerprint density at radius 2 is 1.29 bits per heavy atom. The third-order valence-electron chi connectivity index (χ3n) is 1.51. The van der Waals surface area contributed by atoms with Crippen molar-refractivity contribution in [3.63, 3.8) is 0 Å². The molecule has 0 radical (unpaired) electrons. The Morgan fingerprint density at radius 3 is 1.57 bits per heavy atom. The molecule has 0 spiro atoms. The minimum Gasteiger partial charge on any atom is -0.503 e. The second-order valence-corrected chi connectivity index (χ2v) is 2.38. The van der Waals surface area contributed by atoms with E-state index in [2.05, 4.69) is 6.58 Å². The van der Waals surface area contributed by atoms with Gasteiger partial charge in [0, 0.05) is 0 Å². The highest BCUT2D eigenvalue weighted by Crippen LogP contribution is 2.32. The number of aromatic hydroxyl groups is 1. The molecule has 0 atom stereocenters. The van der Waals surface area contributed by atoms with Crippen LogP contribution in [0.4, 0.5) is 22.0 Å². The van der Waals surface area contributed by atoms with E-state index in [0.29, 0.717) is 0 Å². The van der Waals surface area contributed by atoms with E-state index in [9.17, 15) is 22.0 Å². The molecule has 0 aliphatic carbocycles. The predicted octanol–water partition coefficient (Wildman–Crippen LogP) is 2.89. The lowest BCUT2D eigenvalue weighted by molar-refractivity contribution is 0.354. The van der Waals surface area contributed by atoms with Gasteiger partial charge in [0.1, 0.15) is 5.83 Å². The maximum Gasteiger partial charge on any atom is 0.204 e. The van der Waals surface area contributed by atoms with Crippen LogP contribution in [0.25, 0.3) is 5.83 Å². The van der Waals surface area contributed by atoms with Crippen LogP contribution in [0.1, 0.15) is 5.56 Å². The second kappa shape index (κ2) is 3.28. The normalized spacial score (nSPS) is 10.4. The summed E-state index contributed by atoms with van der Waals surface area (Å²) in [4.78, 5) is 0. The average molecular weight is 210 g/mol. The highest BCUT2D eigenvalue weighted by Gasteiger charge is 2.26. The lowest BCUT2D eigenvalue weighted by Gasteiger charge is -2.05. The van der Waals surface area contributed by atoms with Crippen molar-refractivity contribution < 1.29 is 27.1 Å². The summed E-state index contributed by atoms with van der Waals surface area (Å²) >= 11 is 0. The summed E-state index contributed by atoms with van der Waals surface area (Å²) in [6, 6.07) is 0. The lowest BCUT2D eigenvalue weighted by atomic mass is 10.1. The molecule has 0 saturated heterocycles. The minimum absolute atomic E-state index is 1.56. The minimum atomic E-state index is -2.06. The van der Waals surface area contributed by atoms with Crippen LogP contribution in [0.3, 0.4) is 0 Å². The summed E-state index contributed by atoms with van der Waals surface area (Å²) in [5, 5.41) is 8.49. The molecule has 76 valence electrons. The number of benzene rings is 1. The fraction of sp³-hybridized carbons (Fsp3) is 0. The molecule has 1 rings (SSSR count). The Kier molecular flexibility index (Phi) is 2.46. The third-order valence-corrected chi connectivity index (χ3v) is 1.51. The molecule has 1 aromatic carbocycles. The molecule has 0 aliphatic rings. The van der Waals surface area contributed by atoms with Gasteiger partial charge in [0.25, 0.3) is 0 Å². The quantitative estimate of drug-likeness (QED) is 0.558. The van der Waals surface area contributed by atoms with Crippen LogP contribution >= 0.6 is 0 Å². The van der Waals surface area contributed by atoms with E-state index in [1.165, 1.54) is 0 Å². The van der Waals surface area contributed by atoms with Gasteiger partial charge in [-0.15, -0.1) is 0 Å². The first kappa shape index (κ1) is 10.5. The van der Waals surface area contributed by atoms with Gasteiger partial charge in [-0.25, -0.2) is 13.2 Å². The van der Waals surface area contributed by atoms with Gasteiger partial charge in [-0.2, -0.15) is 8.78 Å². The Balaban J connectivity index is 3.68. The van der Waals surface area contributed by atoms with E-state index in [-0.39, 0.29) is 0 Å². The number of phenols is 1. The largest absolute Gasteiger partial charge is 0.503 e. The summed E-state index contributed by atoms with van der Waals surface area (Å²) in [6.07, 6.45) is 0. The molecule has 0 amide bonds. The number of rotatable bonds is 1. The van der Waals surface area contributed by atoms with Gasteiger partial charge in [-0.3, -0.25) is 0 Å². The first-order valence-electron chi connectivity index (χ1n) is 3.27. The van der Waals surface area contributed by atoms with Crippen LogP contribution in [0.15, 0.2) is 6.58 Å². The molecule has 0 heterocycles. The Hall–Kier alpha value is -1.59. The first-order valence-corrected chi connectivity index (χ1v) is 3.27. The molecule has 0 unspecified atom stereocenters. The van der Waals surface area contributed by atoms with Crippen LogP contribution in [-0.2, 0) is 0 Å². The van der Waals surface area contributed by atoms with Crippen molar-refractivity contribution in [1.82, 2.24) is 0 Å². The zero-order valence-corrected chi connectivity index (χ0v) is 6.54. The number of hydrogen-bond acceptors (Lipinski definition) is 1. The molecule has 1 aromatic rings. The Labute approximate surface area is 75.1 Å². The fourth-order valence-electron chi connectivity index (χ4n) is 0.858. The van der Waals surface area contributed by atoms with Gasteiger partial charge in [-0.05, 0) is 0 Å². The SMILES string of the molecule is C=C(F)c1c(F)c(F)c(O)c(F)c1F. The van der Waals surface area contributed by atoms with Crippen LogP contribution in [0, 0.1) is 23.3 Å². The highest BCUT2D eigenvalue weighted by atomic mass is 19.2. The fourth-order valence-corrected chi connectivity index (χ4v) is 0.858. The molecule has 0 aliphatic heterocycles. The summed E-state index contributed by atoms with van der Waals surface area (Å²) in [5.41, 5.74) is -1.56. The van der Waals surface area contributed by atoms with Crippen molar-refractivity contribution in [1.29, 1.82) is 0 Å². The van der Waals surface area contributed by atoms with E-state index in [0.717, 1.165) is 0 Å². The zero-order valence-electron chi connectivity index (χ0n) is 6.54. The smallest absolute Gasteiger partial charge is 0.204 e. The van der Waals surface area contributed by atoms with Crippen LogP contribution in [0.5, 0.6) is 5.75 Å². The summed E-state index contributed by atoms with van der Waals surface area (Å²) in [6.45, 7) is 2.50. The van der Waals surface area contributed by atoms with Gasteiger partial charge >= 0.3 is 0 Å². The molecular formula is C8H3F5O. The second-order valence-electron chi connectivity index (χ2n) is 2.38. The topological polar surface area (TPSA) is 20.2 Å². The molecule has 0 saturated carbocycles. The van der Waals surface area contributed by atoms with Crippen molar-refractivity contribution in [3.05, 3.63) is 35.4 Å². The van der Waals surface area contributed by atoms with Crippen molar-refractivity contribution >= 4 is 5.83 Å². The molecule has 0 aromatic heterocycles. The van der Waals surface area contributed by atoms with E-state index < -0.39 is 40.4 Å². The summed E-state index contributed by atoms with van der Waals surface area (Å²) < 4.78 is 62.9. The van der Waals surface area contributed by atoms with Gasteiger partial charge in [-0.1, -0.05) is 6.58 Å². The van der Waals surface area contributed by atoms with Crippen LogP contribution in [0.2, 0.25) is 0 Å². The average Bonchev–Trinajstić information content (AvgIpc) is 2.11. The Bertz CT molecular complexity index is 384. The van der Waals surface area contributed by atoms with Gasteiger partial charge in [0.15, 0.2) is 17.4 Å². The van der Waals surface area contributed by atoms with E-state index in [1.807, 2.05) is 0 Å². The summed E-state index contributed by atoms with van der Waals surface area (Å²) in [7, 11) is 0. The number of halogens is 5. The predicted molar refractivity (Wildman–Crippen MR) is 38.1 cm³/mol. The van der Waals surface area contributed by atoms with Crippen LogP contribution in [-0.4, -0.2) is 5.11 Å². The van der Waals surface area contributed by atoms with Crippen molar-refractivity contribution in [2.45, 2.75) is 0 Å². The highest BCUT2D eigenvalue weighted by molar-refractivity contribution is 5.59. The van der Waals surface area contributed by atoms with Crippen molar-refractivity contribution in [2.24, 2.45) is 0 Å². The molecule has 14 heavy (non-hydrogen) atoms. The molecule has 0 fully saturated rings. The molecule has 1 nitrogen and oxygen atoms in total. The molecule has 1 N–H and O–H groups in total. The Morgan fingerprint density at radius 1 is 0.929 bits per heavy atom. The maximum atomic E-state index is 12.7. The molecule has 6 heteroatoms. The third kappa shape index (κ3) is 1.32. The van der Waals surface area contributed by atoms with E-state index >= 15 is 0 Å². The van der Waals surface area contributed by atoms with Gasteiger partial charge in [0.2, 0.25) is 11.6 Å². The molecule has 0 bridgehead atoms. The molecular weight excluding hydrogens is 207 g/mol. The van der Waals surface area contributed by atoms with Gasteiger partial charge in [0.05, 0.1) is 5.56 Å². The van der Waals surface area contributed by atoms with Gasteiger partial charge < -0.3 is 5.11 Å². The van der Waals surface area contributed by atoms with Crippen LogP contribution < -0.4 is 0 Å². The summed E-state index contributed by atoms with van der Waals surface area (Å²) in [5.74, 6) is -11.7. The van der Waals surface area contributed by atoms with E-state index in [1.54, 1.807) is 0 Å². The lowest BCUT2D eigenvalue weighted by Crippen LogP contribution is -2.01. The first-order chi connectivity index (χ1) is 6.37. The number of phenolic OH excluding ortho intramolecular Hbond substituents is 1. The van der Waals surface area contributed by atoms with Crippen molar-refractivity contribution in [2.75, 3.05) is 0 Å². The monoisotopic (exact) mass is 210 g/mol. The van der Waals surface area contributed by atoms with E-state index in [4.69, 9.17) is 5.11 Å². The van der Waals surface area contributed by atoms with Crippen molar-refractivity contribution in [3.8, 4) is 5.75 Å². The zero-order chi connectivity index (χ0) is 11.0.